The first kappa shape index (κ1) is 17.3. The third-order valence-electron chi connectivity index (χ3n) is 4.11. The quantitative estimate of drug-likeness (QED) is 0.885. The Kier molecular flexibility index (Phi) is 4.19. The molecule has 0 radical (unpaired) electrons. The summed E-state index contributed by atoms with van der Waals surface area (Å²) < 4.78 is 28.4. The third-order valence-corrected chi connectivity index (χ3v) is 6.32. The lowest BCUT2D eigenvalue weighted by atomic mass is 10.1. The van der Waals surface area contributed by atoms with Gasteiger partial charge in [-0.2, -0.15) is 4.31 Å². The van der Waals surface area contributed by atoms with E-state index in [2.05, 4.69) is 10.3 Å². The van der Waals surface area contributed by atoms with Crippen LogP contribution in [0, 0.1) is 6.92 Å². The maximum absolute atomic E-state index is 12.7. The molecule has 1 aliphatic heterocycles. The Morgan fingerprint density at radius 1 is 1.33 bits per heavy atom. The average molecular weight is 371 g/mol. The first-order valence-electron chi connectivity index (χ1n) is 7.50. The molecule has 0 spiro atoms. The summed E-state index contributed by atoms with van der Waals surface area (Å²) in [6.45, 7) is 5.61. The Hall–Kier alpha value is -1.48. The van der Waals surface area contributed by atoms with Crippen molar-refractivity contribution < 1.29 is 13.5 Å². The fourth-order valence-electron chi connectivity index (χ4n) is 2.51. The Labute approximate surface area is 145 Å². The molecule has 1 aromatic carbocycles. The molecule has 0 saturated carbocycles. The van der Waals surface area contributed by atoms with E-state index in [4.69, 9.17) is 11.6 Å². The van der Waals surface area contributed by atoms with Crippen LogP contribution in [0.15, 0.2) is 29.3 Å². The van der Waals surface area contributed by atoms with Gasteiger partial charge >= 0.3 is 0 Å². The molecule has 0 bridgehead atoms. The first-order valence-corrected chi connectivity index (χ1v) is 9.32. The molecule has 0 unspecified atom stereocenters. The lowest BCUT2D eigenvalue weighted by molar-refractivity contribution is 0.0736. The molecule has 2 heterocycles. The lowest BCUT2D eigenvalue weighted by Gasteiger charge is -2.37. The second-order valence-electron chi connectivity index (χ2n) is 6.53. The van der Waals surface area contributed by atoms with Gasteiger partial charge in [-0.3, -0.25) is 0 Å². The van der Waals surface area contributed by atoms with Crippen LogP contribution in [0.1, 0.15) is 31.1 Å². The van der Waals surface area contributed by atoms with E-state index in [1.165, 1.54) is 10.4 Å². The maximum Gasteiger partial charge on any atom is 0.243 e. The van der Waals surface area contributed by atoms with Gasteiger partial charge in [0.15, 0.2) is 0 Å². The topological polar surface area (TPSA) is 88.3 Å². The van der Waals surface area contributed by atoms with E-state index < -0.39 is 15.6 Å². The Bertz CT molecular complexity index is 867. The second-order valence-corrected chi connectivity index (χ2v) is 8.87. The van der Waals surface area contributed by atoms with Crippen LogP contribution < -0.4 is 0 Å². The van der Waals surface area contributed by atoms with Gasteiger partial charge in [0.2, 0.25) is 10.0 Å². The van der Waals surface area contributed by atoms with Crippen LogP contribution in [0.3, 0.4) is 0 Å². The van der Waals surface area contributed by atoms with Gasteiger partial charge in [0.05, 0.1) is 17.1 Å². The molecule has 1 aliphatic rings. The van der Waals surface area contributed by atoms with Crippen LogP contribution in [0.25, 0.3) is 0 Å². The zero-order valence-electron chi connectivity index (χ0n) is 13.6. The van der Waals surface area contributed by atoms with Crippen LogP contribution in [-0.4, -0.2) is 45.9 Å². The number of hydrogen-bond donors (Lipinski definition) is 1. The fourth-order valence-corrected chi connectivity index (χ4v) is 4.51. The number of aromatic nitrogens is 3. The van der Waals surface area contributed by atoms with Crippen molar-refractivity contribution in [1.29, 1.82) is 0 Å². The van der Waals surface area contributed by atoms with Crippen molar-refractivity contribution in [3.63, 3.8) is 0 Å². The van der Waals surface area contributed by atoms with Gasteiger partial charge in [0.1, 0.15) is 11.3 Å². The minimum atomic E-state index is -3.58. The predicted molar refractivity (Wildman–Crippen MR) is 89.3 cm³/mol. The SMILES string of the molecule is Cc1ccc(Cl)cc1S(=O)(=O)N1CC(n2cc(C(C)(C)O)nn2)C1. The van der Waals surface area contributed by atoms with Crippen molar-refractivity contribution in [3.05, 3.63) is 40.7 Å². The number of halogens is 1. The monoisotopic (exact) mass is 370 g/mol. The molecular formula is C15H19ClN4O3S. The summed E-state index contributed by atoms with van der Waals surface area (Å²) in [6.07, 6.45) is 1.65. The molecule has 7 nitrogen and oxygen atoms in total. The van der Waals surface area contributed by atoms with Crippen molar-refractivity contribution in [2.45, 2.75) is 37.3 Å². The minimum absolute atomic E-state index is 0.0946. The molecule has 0 atom stereocenters. The van der Waals surface area contributed by atoms with E-state index in [-0.39, 0.29) is 10.9 Å². The van der Waals surface area contributed by atoms with E-state index in [1.54, 1.807) is 43.8 Å². The van der Waals surface area contributed by atoms with Gasteiger partial charge in [-0.05, 0) is 38.5 Å². The van der Waals surface area contributed by atoms with E-state index in [0.29, 0.717) is 29.4 Å². The molecule has 1 N–H and O–H groups in total. The smallest absolute Gasteiger partial charge is 0.243 e. The van der Waals surface area contributed by atoms with Crippen molar-refractivity contribution in [1.82, 2.24) is 19.3 Å². The summed E-state index contributed by atoms with van der Waals surface area (Å²) in [6, 6.07) is 4.74. The van der Waals surface area contributed by atoms with E-state index in [1.807, 2.05) is 0 Å². The third kappa shape index (κ3) is 3.06. The maximum atomic E-state index is 12.7. The molecule has 3 rings (SSSR count). The number of nitrogens with zero attached hydrogens (tertiary/aromatic N) is 4. The molecule has 1 aromatic heterocycles. The Balaban J connectivity index is 1.76. The summed E-state index contributed by atoms with van der Waals surface area (Å²) in [7, 11) is -3.58. The van der Waals surface area contributed by atoms with E-state index in [0.717, 1.165) is 0 Å². The number of aryl methyl sites for hydroxylation is 1. The highest BCUT2D eigenvalue weighted by Gasteiger charge is 2.39. The molecule has 130 valence electrons. The summed E-state index contributed by atoms with van der Waals surface area (Å²) >= 11 is 5.93. The molecule has 1 saturated heterocycles. The van der Waals surface area contributed by atoms with Crippen LogP contribution in [0.4, 0.5) is 0 Å². The van der Waals surface area contributed by atoms with Gasteiger partial charge in [-0.1, -0.05) is 22.9 Å². The zero-order chi connectivity index (χ0) is 17.7. The van der Waals surface area contributed by atoms with Gasteiger partial charge in [-0.25, -0.2) is 13.1 Å². The predicted octanol–water partition coefficient (Wildman–Crippen LogP) is 1.71. The van der Waals surface area contributed by atoms with Crippen molar-refractivity contribution in [2.75, 3.05) is 13.1 Å². The lowest BCUT2D eigenvalue weighted by Crippen LogP contribution is -2.50. The van der Waals surface area contributed by atoms with Gasteiger partial charge in [-0.15, -0.1) is 5.10 Å². The largest absolute Gasteiger partial charge is 0.384 e. The molecule has 1 fully saturated rings. The van der Waals surface area contributed by atoms with E-state index in [9.17, 15) is 13.5 Å². The van der Waals surface area contributed by atoms with E-state index >= 15 is 0 Å². The van der Waals surface area contributed by atoms with Crippen LogP contribution in [-0.2, 0) is 15.6 Å². The number of rotatable bonds is 4. The van der Waals surface area contributed by atoms with Crippen molar-refractivity contribution in [2.24, 2.45) is 0 Å². The van der Waals surface area contributed by atoms with Crippen LogP contribution in [0.2, 0.25) is 5.02 Å². The molecular weight excluding hydrogens is 352 g/mol. The molecule has 2 aromatic rings. The molecule has 0 amide bonds. The summed E-state index contributed by atoms with van der Waals surface area (Å²) in [5.41, 5.74) is 0.0356. The molecule has 0 aliphatic carbocycles. The summed E-state index contributed by atoms with van der Waals surface area (Å²) in [5.74, 6) is 0. The Morgan fingerprint density at radius 3 is 2.58 bits per heavy atom. The minimum Gasteiger partial charge on any atom is -0.384 e. The number of sulfonamides is 1. The highest BCUT2D eigenvalue weighted by atomic mass is 35.5. The van der Waals surface area contributed by atoms with Gasteiger partial charge < -0.3 is 5.11 Å². The second kappa shape index (κ2) is 5.80. The zero-order valence-corrected chi connectivity index (χ0v) is 15.2. The summed E-state index contributed by atoms with van der Waals surface area (Å²) in [4.78, 5) is 0.226. The standard InChI is InChI=1S/C15H19ClN4O3S/c1-10-4-5-11(16)6-13(10)24(22,23)19-7-12(8-19)20-9-14(17-18-20)15(2,3)21/h4-6,9,12,21H,7-8H2,1-3H3. The molecule has 24 heavy (non-hydrogen) atoms. The Morgan fingerprint density at radius 2 is 2.00 bits per heavy atom. The fraction of sp³-hybridized carbons (Fsp3) is 0.467. The van der Waals surface area contributed by atoms with Crippen LogP contribution >= 0.6 is 11.6 Å². The summed E-state index contributed by atoms with van der Waals surface area (Å²) in [5, 5.41) is 18.2. The van der Waals surface area contributed by atoms with Gasteiger partial charge in [0, 0.05) is 18.1 Å². The normalized spacial score (nSPS) is 17.0. The number of hydrogen-bond acceptors (Lipinski definition) is 5. The first-order chi connectivity index (χ1) is 11.1. The highest BCUT2D eigenvalue weighted by Crippen LogP contribution is 2.31. The molecule has 9 heteroatoms. The van der Waals surface area contributed by atoms with Crippen molar-refractivity contribution in [3.8, 4) is 0 Å². The van der Waals surface area contributed by atoms with Gasteiger partial charge in [0.25, 0.3) is 0 Å². The highest BCUT2D eigenvalue weighted by molar-refractivity contribution is 7.89. The van der Waals surface area contributed by atoms with Crippen molar-refractivity contribution >= 4 is 21.6 Å². The van der Waals surface area contributed by atoms with Crippen LogP contribution in [0.5, 0.6) is 0 Å². The number of benzene rings is 1. The number of aliphatic hydroxyl groups is 1. The average Bonchev–Trinajstić information content (AvgIpc) is 2.89.